The Kier molecular flexibility index (Phi) is 1.84. The van der Waals surface area contributed by atoms with E-state index in [1.165, 1.54) is 12.1 Å². The third-order valence-electron chi connectivity index (χ3n) is 0.949. The van der Waals surface area contributed by atoms with E-state index in [1.807, 2.05) is 0 Å². The average Bonchev–Trinajstić information content (AvgIpc) is 2.37. The molecule has 0 unspecified atom stereocenters. The predicted octanol–water partition coefficient (Wildman–Crippen LogP) is 0.900. The molecular formula is C6H5NO3. The van der Waals surface area contributed by atoms with Gasteiger partial charge in [-0.25, -0.2) is 0 Å². The number of aldehydes is 1. The lowest BCUT2D eigenvalue weighted by molar-refractivity contribution is 0.110. The van der Waals surface area contributed by atoms with Crippen molar-refractivity contribution in [2.75, 3.05) is 0 Å². The molecule has 0 saturated heterocycles. The number of nitrogens with zero attached hydrogens (tertiary/aromatic N) is 1. The number of hydrogen-bond donors (Lipinski definition) is 1. The first kappa shape index (κ1) is 6.54. The molecule has 0 aromatic carbocycles. The third-order valence-corrected chi connectivity index (χ3v) is 0.949. The van der Waals surface area contributed by atoms with Gasteiger partial charge in [0.2, 0.25) is 0 Å². The second-order valence-corrected chi connectivity index (χ2v) is 1.60. The van der Waals surface area contributed by atoms with Gasteiger partial charge in [0.25, 0.3) is 0 Å². The first-order valence-electron chi connectivity index (χ1n) is 2.59. The molecule has 0 aliphatic heterocycles. The van der Waals surface area contributed by atoms with Crippen LogP contribution in [0.4, 0.5) is 0 Å². The number of hydrogen-bond acceptors (Lipinski definition) is 4. The second-order valence-electron chi connectivity index (χ2n) is 1.60. The summed E-state index contributed by atoms with van der Waals surface area (Å²) in [5.74, 6) is 0.569. The minimum absolute atomic E-state index is 0.218. The Morgan fingerprint density at radius 2 is 2.20 bits per heavy atom. The van der Waals surface area contributed by atoms with Gasteiger partial charge in [-0.15, -0.1) is 0 Å². The number of rotatable bonds is 2. The van der Waals surface area contributed by atoms with Crippen molar-refractivity contribution in [2.24, 2.45) is 5.16 Å². The molecule has 0 bridgehead atoms. The Morgan fingerprint density at radius 1 is 1.50 bits per heavy atom. The standard InChI is InChI=1S/C6H5NO3/c8-4-6-2-1-5(10-6)3-7-9/h1-4,9H/b7-3+. The van der Waals surface area contributed by atoms with Crippen LogP contribution in [0, 0.1) is 0 Å². The molecule has 0 radical (unpaired) electrons. The van der Waals surface area contributed by atoms with Crippen molar-refractivity contribution in [1.82, 2.24) is 0 Å². The Balaban J connectivity index is 2.87. The van der Waals surface area contributed by atoms with Gasteiger partial charge in [-0.1, -0.05) is 5.16 Å². The fourth-order valence-corrected chi connectivity index (χ4v) is 0.558. The lowest BCUT2D eigenvalue weighted by Crippen LogP contribution is -1.73. The summed E-state index contributed by atoms with van der Waals surface area (Å²) in [6.45, 7) is 0. The Morgan fingerprint density at radius 3 is 2.70 bits per heavy atom. The van der Waals surface area contributed by atoms with Crippen molar-refractivity contribution < 1.29 is 14.4 Å². The van der Waals surface area contributed by atoms with E-state index in [9.17, 15) is 4.79 Å². The number of carbonyl (C=O) groups is 1. The van der Waals surface area contributed by atoms with E-state index in [-0.39, 0.29) is 5.76 Å². The van der Waals surface area contributed by atoms with Crippen molar-refractivity contribution in [3.63, 3.8) is 0 Å². The van der Waals surface area contributed by atoms with E-state index in [0.29, 0.717) is 12.0 Å². The van der Waals surface area contributed by atoms with Crippen LogP contribution in [0.25, 0.3) is 0 Å². The highest BCUT2D eigenvalue weighted by Crippen LogP contribution is 2.01. The van der Waals surface area contributed by atoms with Gasteiger partial charge in [-0.05, 0) is 12.1 Å². The molecule has 10 heavy (non-hydrogen) atoms. The van der Waals surface area contributed by atoms with Gasteiger partial charge in [-0.2, -0.15) is 0 Å². The van der Waals surface area contributed by atoms with E-state index in [0.717, 1.165) is 6.21 Å². The zero-order valence-corrected chi connectivity index (χ0v) is 5.02. The highest BCUT2D eigenvalue weighted by Gasteiger charge is 1.95. The molecule has 1 N–H and O–H groups in total. The molecule has 1 rings (SSSR count). The highest BCUT2D eigenvalue weighted by molar-refractivity contribution is 5.78. The molecule has 1 aromatic rings. The van der Waals surface area contributed by atoms with Crippen LogP contribution in [-0.4, -0.2) is 17.7 Å². The molecule has 4 nitrogen and oxygen atoms in total. The van der Waals surface area contributed by atoms with Gasteiger partial charge >= 0.3 is 0 Å². The summed E-state index contributed by atoms with van der Waals surface area (Å²) < 4.78 is 4.80. The van der Waals surface area contributed by atoms with Gasteiger partial charge in [0.05, 0.1) is 0 Å². The molecule has 52 valence electrons. The quantitative estimate of drug-likeness (QED) is 0.286. The predicted molar refractivity (Wildman–Crippen MR) is 33.5 cm³/mol. The van der Waals surface area contributed by atoms with Gasteiger partial charge < -0.3 is 9.62 Å². The molecule has 0 aliphatic rings. The zero-order chi connectivity index (χ0) is 7.40. The summed E-state index contributed by atoms with van der Waals surface area (Å²) >= 11 is 0. The SMILES string of the molecule is O=Cc1ccc(/C=N/O)o1. The normalized spacial score (nSPS) is 10.4. The van der Waals surface area contributed by atoms with Gasteiger partial charge in [0.15, 0.2) is 12.0 Å². The first-order chi connectivity index (χ1) is 4.86. The van der Waals surface area contributed by atoms with Crippen LogP contribution in [0.15, 0.2) is 21.7 Å². The zero-order valence-electron chi connectivity index (χ0n) is 5.02. The summed E-state index contributed by atoms with van der Waals surface area (Å²) in [6, 6.07) is 3.02. The lowest BCUT2D eigenvalue weighted by atomic mass is 10.4. The van der Waals surface area contributed by atoms with Gasteiger partial charge in [0.1, 0.15) is 12.0 Å². The first-order valence-corrected chi connectivity index (χ1v) is 2.59. The highest BCUT2D eigenvalue weighted by atomic mass is 16.4. The molecule has 0 spiro atoms. The lowest BCUT2D eigenvalue weighted by Gasteiger charge is -1.78. The van der Waals surface area contributed by atoms with E-state index in [2.05, 4.69) is 5.16 Å². The van der Waals surface area contributed by atoms with Crippen molar-refractivity contribution in [3.8, 4) is 0 Å². The Labute approximate surface area is 56.8 Å². The van der Waals surface area contributed by atoms with Crippen molar-refractivity contribution >= 4 is 12.5 Å². The van der Waals surface area contributed by atoms with Crippen LogP contribution >= 0.6 is 0 Å². The van der Waals surface area contributed by atoms with Crippen molar-refractivity contribution in [2.45, 2.75) is 0 Å². The fourth-order valence-electron chi connectivity index (χ4n) is 0.558. The van der Waals surface area contributed by atoms with E-state index < -0.39 is 0 Å². The molecular weight excluding hydrogens is 134 g/mol. The van der Waals surface area contributed by atoms with E-state index in [4.69, 9.17) is 9.62 Å². The number of carbonyl (C=O) groups excluding carboxylic acids is 1. The molecule has 1 aromatic heterocycles. The topological polar surface area (TPSA) is 62.8 Å². The van der Waals surface area contributed by atoms with Crippen LogP contribution in [0.1, 0.15) is 16.3 Å². The monoisotopic (exact) mass is 139 g/mol. The minimum Gasteiger partial charge on any atom is -0.452 e. The average molecular weight is 139 g/mol. The van der Waals surface area contributed by atoms with E-state index >= 15 is 0 Å². The molecule has 0 aliphatic carbocycles. The molecule has 0 amide bonds. The van der Waals surface area contributed by atoms with Gasteiger partial charge in [0, 0.05) is 0 Å². The molecule has 0 fully saturated rings. The largest absolute Gasteiger partial charge is 0.452 e. The van der Waals surface area contributed by atoms with Crippen LogP contribution in [-0.2, 0) is 0 Å². The molecule has 1 heterocycles. The Hall–Kier alpha value is -1.58. The molecule has 0 atom stereocenters. The summed E-state index contributed by atoms with van der Waals surface area (Å²) in [7, 11) is 0. The fraction of sp³-hybridized carbons (Fsp3) is 0. The van der Waals surface area contributed by atoms with Crippen LogP contribution < -0.4 is 0 Å². The van der Waals surface area contributed by atoms with E-state index in [1.54, 1.807) is 0 Å². The molecule has 4 heteroatoms. The number of furan rings is 1. The van der Waals surface area contributed by atoms with Gasteiger partial charge in [-0.3, -0.25) is 4.79 Å². The maximum atomic E-state index is 10.0. The maximum Gasteiger partial charge on any atom is 0.185 e. The second kappa shape index (κ2) is 2.82. The van der Waals surface area contributed by atoms with Crippen LogP contribution in [0.2, 0.25) is 0 Å². The summed E-state index contributed by atoms with van der Waals surface area (Å²) in [4.78, 5) is 10.0. The summed E-state index contributed by atoms with van der Waals surface area (Å²) in [5, 5.41) is 10.7. The van der Waals surface area contributed by atoms with Crippen LogP contribution in [0.3, 0.4) is 0 Å². The smallest absolute Gasteiger partial charge is 0.185 e. The number of oxime groups is 1. The third kappa shape index (κ3) is 1.22. The summed E-state index contributed by atoms with van der Waals surface area (Å²) in [5.41, 5.74) is 0. The maximum absolute atomic E-state index is 10.0. The minimum atomic E-state index is 0.218. The summed E-state index contributed by atoms with van der Waals surface area (Å²) in [6.07, 6.45) is 1.68. The van der Waals surface area contributed by atoms with Crippen LogP contribution in [0.5, 0.6) is 0 Å². The molecule has 0 saturated carbocycles. The van der Waals surface area contributed by atoms with Crippen molar-refractivity contribution in [1.29, 1.82) is 0 Å². The van der Waals surface area contributed by atoms with Crippen molar-refractivity contribution in [3.05, 3.63) is 23.7 Å². The Bertz CT molecular complexity index is 251.